The van der Waals surface area contributed by atoms with Crippen LogP contribution in [0.15, 0.2) is 24.3 Å². The quantitative estimate of drug-likeness (QED) is 0.575. The van der Waals surface area contributed by atoms with E-state index in [9.17, 15) is 22.3 Å². The van der Waals surface area contributed by atoms with Crippen LogP contribution in [0.25, 0.3) is 0 Å². The SMILES string of the molecule is COC(=O)[C@H](CCC(C)(F)F)N(c1ccc(OC)cc1)S(=O)O. The van der Waals surface area contributed by atoms with Gasteiger partial charge in [-0.3, -0.25) is 8.86 Å². The zero-order valence-corrected chi connectivity index (χ0v) is 13.8. The summed E-state index contributed by atoms with van der Waals surface area (Å²) in [6, 6.07) is 4.64. The van der Waals surface area contributed by atoms with Gasteiger partial charge in [0.1, 0.15) is 11.8 Å². The highest BCUT2D eigenvalue weighted by Gasteiger charge is 2.34. The highest BCUT2D eigenvalue weighted by atomic mass is 32.2. The number of hydrogen-bond acceptors (Lipinski definition) is 4. The van der Waals surface area contributed by atoms with E-state index in [4.69, 9.17) is 4.74 Å². The van der Waals surface area contributed by atoms with Crippen LogP contribution in [0.3, 0.4) is 0 Å². The Labute approximate surface area is 135 Å². The first kappa shape index (κ1) is 19.3. The first-order valence-corrected chi connectivity index (χ1v) is 7.76. The third-order valence-electron chi connectivity index (χ3n) is 3.11. The summed E-state index contributed by atoms with van der Waals surface area (Å²) in [7, 11) is 2.55. The third kappa shape index (κ3) is 5.76. The van der Waals surface area contributed by atoms with E-state index in [2.05, 4.69) is 4.74 Å². The molecule has 0 fully saturated rings. The van der Waals surface area contributed by atoms with Crippen molar-refractivity contribution >= 4 is 22.9 Å². The van der Waals surface area contributed by atoms with Crippen molar-refractivity contribution in [3.8, 4) is 5.75 Å². The molecule has 0 heterocycles. The molecule has 0 aliphatic heterocycles. The fraction of sp³-hybridized carbons (Fsp3) is 0.500. The molecule has 130 valence electrons. The number of alkyl halides is 2. The second kappa shape index (κ2) is 8.21. The van der Waals surface area contributed by atoms with Crippen LogP contribution in [0, 0.1) is 0 Å². The fourth-order valence-electron chi connectivity index (χ4n) is 1.97. The molecule has 1 rings (SSSR count). The molecule has 0 aromatic heterocycles. The lowest BCUT2D eigenvalue weighted by Crippen LogP contribution is -2.43. The van der Waals surface area contributed by atoms with Gasteiger partial charge in [0, 0.05) is 6.42 Å². The van der Waals surface area contributed by atoms with E-state index >= 15 is 0 Å². The smallest absolute Gasteiger partial charge is 0.329 e. The minimum atomic E-state index is -3.01. The van der Waals surface area contributed by atoms with Crippen LogP contribution in [0.4, 0.5) is 14.5 Å². The monoisotopic (exact) mass is 351 g/mol. The van der Waals surface area contributed by atoms with Gasteiger partial charge in [-0.25, -0.2) is 17.8 Å². The van der Waals surface area contributed by atoms with Gasteiger partial charge in [-0.05, 0) is 37.6 Å². The number of anilines is 1. The lowest BCUT2D eigenvalue weighted by molar-refractivity contribution is -0.142. The van der Waals surface area contributed by atoms with Crippen LogP contribution in [0.1, 0.15) is 19.8 Å². The highest BCUT2D eigenvalue weighted by molar-refractivity contribution is 7.80. The van der Waals surface area contributed by atoms with Crippen LogP contribution in [-0.2, 0) is 20.8 Å². The van der Waals surface area contributed by atoms with Crippen molar-refractivity contribution in [1.82, 2.24) is 0 Å². The normalized spacial score (nSPS) is 14.0. The first-order valence-electron chi connectivity index (χ1n) is 6.69. The highest BCUT2D eigenvalue weighted by Crippen LogP contribution is 2.27. The van der Waals surface area contributed by atoms with Gasteiger partial charge in [-0.2, -0.15) is 0 Å². The lowest BCUT2D eigenvalue weighted by Gasteiger charge is -2.28. The Bertz CT molecular complexity index is 547. The zero-order valence-electron chi connectivity index (χ0n) is 13.0. The molecule has 9 heteroatoms. The summed E-state index contributed by atoms with van der Waals surface area (Å²) in [5.41, 5.74) is 0.210. The van der Waals surface area contributed by atoms with E-state index in [0.29, 0.717) is 5.75 Å². The van der Waals surface area contributed by atoms with Crippen molar-refractivity contribution in [1.29, 1.82) is 0 Å². The molecule has 0 spiro atoms. The molecule has 0 amide bonds. The number of esters is 1. The van der Waals surface area contributed by atoms with Gasteiger partial charge in [-0.1, -0.05) is 0 Å². The molecule has 0 saturated carbocycles. The summed E-state index contributed by atoms with van der Waals surface area (Å²) in [6.45, 7) is 0.717. The van der Waals surface area contributed by atoms with Gasteiger partial charge in [0.15, 0.2) is 0 Å². The Kier molecular flexibility index (Phi) is 6.89. The Morgan fingerprint density at radius 2 is 1.91 bits per heavy atom. The summed E-state index contributed by atoms with van der Waals surface area (Å²) in [5, 5.41) is 0. The van der Waals surface area contributed by atoms with Gasteiger partial charge in [-0.15, -0.1) is 0 Å². The number of carbonyl (C=O) groups excluding carboxylic acids is 1. The van der Waals surface area contributed by atoms with Gasteiger partial charge in [0.05, 0.1) is 19.9 Å². The fourth-order valence-corrected chi connectivity index (χ4v) is 2.68. The van der Waals surface area contributed by atoms with Crippen LogP contribution in [0.2, 0.25) is 0 Å². The van der Waals surface area contributed by atoms with Gasteiger partial charge < -0.3 is 9.47 Å². The molecule has 1 N–H and O–H groups in total. The summed E-state index contributed by atoms with van der Waals surface area (Å²) >= 11 is -2.60. The first-order chi connectivity index (χ1) is 10.7. The average molecular weight is 351 g/mol. The summed E-state index contributed by atoms with van der Waals surface area (Å²) in [5.74, 6) is -3.37. The molecule has 0 aliphatic rings. The Morgan fingerprint density at radius 1 is 1.35 bits per heavy atom. The van der Waals surface area contributed by atoms with E-state index in [0.717, 1.165) is 18.3 Å². The van der Waals surface area contributed by atoms with Crippen LogP contribution in [0.5, 0.6) is 5.75 Å². The Hall–Kier alpha value is -1.74. The van der Waals surface area contributed by atoms with Gasteiger partial charge in [0.2, 0.25) is 5.92 Å². The number of nitrogens with zero attached hydrogens (tertiary/aromatic N) is 1. The van der Waals surface area contributed by atoms with Crippen molar-refractivity contribution in [2.75, 3.05) is 18.5 Å². The maximum absolute atomic E-state index is 13.1. The molecule has 1 aromatic rings. The largest absolute Gasteiger partial charge is 0.497 e. The molecular weight excluding hydrogens is 332 g/mol. The van der Waals surface area contributed by atoms with Gasteiger partial charge in [0.25, 0.3) is 11.3 Å². The number of benzene rings is 1. The minimum absolute atomic E-state index is 0.210. The molecule has 1 unspecified atom stereocenters. The van der Waals surface area contributed by atoms with Crippen LogP contribution >= 0.6 is 0 Å². The standard InChI is InChI=1S/C14H19F2NO5S/c1-14(15,16)9-8-12(13(18)22-3)17(23(19)20)10-4-6-11(21-2)7-5-10/h4-7,12H,8-9H2,1-3H3,(H,19,20)/t12-/m0/s1. The predicted molar refractivity (Wildman–Crippen MR) is 81.9 cm³/mol. The number of rotatable bonds is 8. The van der Waals surface area contributed by atoms with Crippen LogP contribution < -0.4 is 9.04 Å². The van der Waals surface area contributed by atoms with Crippen LogP contribution in [-0.4, -0.2) is 40.9 Å². The minimum Gasteiger partial charge on any atom is -0.497 e. The Balaban J connectivity index is 3.13. The maximum Gasteiger partial charge on any atom is 0.329 e. The molecular formula is C14H19F2NO5S. The number of ether oxygens (including phenoxy) is 2. The average Bonchev–Trinajstić information content (AvgIpc) is 2.49. The molecule has 6 nitrogen and oxygen atoms in total. The second-order valence-corrected chi connectivity index (χ2v) is 5.76. The maximum atomic E-state index is 13.1. The van der Waals surface area contributed by atoms with E-state index in [1.165, 1.54) is 31.4 Å². The molecule has 2 atom stereocenters. The van der Waals surface area contributed by atoms with Crippen molar-refractivity contribution in [2.45, 2.75) is 31.7 Å². The molecule has 0 saturated heterocycles. The van der Waals surface area contributed by atoms with Gasteiger partial charge >= 0.3 is 5.97 Å². The molecule has 1 aromatic carbocycles. The van der Waals surface area contributed by atoms with Crippen molar-refractivity contribution in [3.05, 3.63) is 24.3 Å². The van der Waals surface area contributed by atoms with E-state index in [1.54, 1.807) is 0 Å². The zero-order chi connectivity index (χ0) is 17.6. The Morgan fingerprint density at radius 3 is 2.30 bits per heavy atom. The lowest BCUT2D eigenvalue weighted by atomic mass is 10.1. The number of halogens is 2. The number of hydrogen-bond donors (Lipinski definition) is 1. The summed E-state index contributed by atoms with van der Waals surface area (Å²) in [4.78, 5) is 11.9. The molecule has 0 radical (unpaired) electrons. The van der Waals surface area contributed by atoms with Crippen molar-refractivity contribution in [2.24, 2.45) is 0 Å². The van der Waals surface area contributed by atoms with E-state index < -0.39 is 35.6 Å². The predicted octanol–water partition coefficient (Wildman–Crippen LogP) is 2.62. The molecule has 23 heavy (non-hydrogen) atoms. The van der Waals surface area contributed by atoms with E-state index in [1.807, 2.05) is 0 Å². The molecule has 0 bridgehead atoms. The second-order valence-electron chi connectivity index (χ2n) is 4.90. The third-order valence-corrected chi connectivity index (χ3v) is 3.91. The van der Waals surface area contributed by atoms with Crippen molar-refractivity contribution in [3.63, 3.8) is 0 Å². The van der Waals surface area contributed by atoms with E-state index in [-0.39, 0.29) is 12.1 Å². The number of methoxy groups -OCH3 is 2. The summed E-state index contributed by atoms with van der Waals surface area (Å²) < 4.78 is 57.7. The van der Waals surface area contributed by atoms with Crippen molar-refractivity contribution < 1.29 is 31.8 Å². The summed E-state index contributed by atoms with van der Waals surface area (Å²) in [6.07, 6.45) is -0.967. The molecule has 0 aliphatic carbocycles. The number of carbonyl (C=O) groups is 1. The topological polar surface area (TPSA) is 76.1 Å².